The van der Waals surface area contributed by atoms with Crippen molar-refractivity contribution in [2.75, 3.05) is 6.54 Å². The fraction of sp³-hybridized carbons (Fsp3) is 0.500. The van der Waals surface area contributed by atoms with E-state index in [4.69, 9.17) is 31.9 Å². The molecule has 1 aromatic carbocycles. The summed E-state index contributed by atoms with van der Waals surface area (Å²) in [7, 11) is 0. The predicted molar refractivity (Wildman–Crippen MR) is 134 cm³/mol. The van der Waals surface area contributed by atoms with E-state index in [2.05, 4.69) is 5.32 Å². The molecular formula is C24H36N4O10. The molecule has 14 heteroatoms. The molecule has 38 heavy (non-hydrogen) atoms. The molecule has 1 aromatic rings. The van der Waals surface area contributed by atoms with Gasteiger partial charge in [0.15, 0.2) is 0 Å². The third-order valence-electron chi connectivity index (χ3n) is 5.20. The van der Waals surface area contributed by atoms with Gasteiger partial charge in [-0.2, -0.15) is 0 Å². The molecule has 0 spiro atoms. The zero-order valence-electron chi connectivity index (χ0n) is 21.3. The molecule has 0 aliphatic carbocycles. The van der Waals surface area contributed by atoms with E-state index in [9.17, 15) is 28.8 Å². The number of carbonyl (C=O) groups is 6. The van der Waals surface area contributed by atoms with Gasteiger partial charge in [-0.25, -0.2) is 4.79 Å². The maximum atomic E-state index is 11.0. The van der Waals surface area contributed by atoms with E-state index in [1.54, 1.807) is 0 Å². The summed E-state index contributed by atoms with van der Waals surface area (Å²) in [5.74, 6) is -4.58. The maximum absolute atomic E-state index is 11.0. The van der Waals surface area contributed by atoms with Gasteiger partial charge in [0.25, 0.3) is 0 Å². The van der Waals surface area contributed by atoms with Crippen molar-refractivity contribution in [1.29, 1.82) is 0 Å². The lowest BCUT2D eigenvalue weighted by Gasteiger charge is -2.17. The van der Waals surface area contributed by atoms with Crippen molar-refractivity contribution in [1.82, 2.24) is 10.2 Å². The van der Waals surface area contributed by atoms with Crippen molar-refractivity contribution in [2.24, 2.45) is 11.5 Å². The Kier molecular flexibility index (Phi) is 15.8. The minimum absolute atomic E-state index is 0.135. The van der Waals surface area contributed by atoms with Crippen LogP contribution in [-0.2, 0) is 35.2 Å². The lowest BCUT2D eigenvalue weighted by Crippen LogP contribution is -2.42. The zero-order valence-corrected chi connectivity index (χ0v) is 21.3. The van der Waals surface area contributed by atoms with Gasteiger partial charge in [-0.1, -0.05) is 30.3 Å². The van der Waals surface area contributed by atoms with Crippen LogP contribution in [-0.4, -0.2) is 91.7 Å². The first kappa shape index (κ1) is 34.1. The number of carbonyl (C=O) groups excluding carboxylic acids is 2. The summed E-state index contributed by atoms with van der Waals surface area (Å²) >= 11 is 0. The van der Waals surface area contributed by atoms with Crippen LogP contribution in [0.4, 0.5) is 0 Å². The normalized spacial score (nSPS) is 18.3. The molecule has 2 aliphatic heterocycles. The van der Waals surface area contributed by atoms with Crippen LogP contribution >= 0.6 is 0 Å². The van der Waals surface area contributed by atoms with Gasteiger partial charge in [-0.3, -0.25) is 28.9 Å². The molecular weight excluding hydrogens is 504 g/mol. The minimum atomic E-state index is -1.15. The highest BCUT2D eigenvalue weighted by molar-refractivity contribution is 6.04. The second kappa shape index (κ2) is 17.6. The number of rotatable bonds is 7. The summed E-state index contributed by atoms with van der Waals surface area (Å²) in [5, 5.41) is 36.1. The smallest absolute Gasteiger partial charge is 0.326 e. The first-order valence-electron chi connectivity index (χ1n) is 11.7. The Hall–Kier alpha value is -3.88. The largest absolute Gasteiger partial charge is 0.480 e. The fourth-order valence-corrected chi connectivity index (χ4v) is 2.99. The number of imide groups is 1. The van der Waals surface area contributed by atoms with E-state index in [1.165, 1.54) is 13.8 Å². The number of hydrogen-bond acceptors (Lipinski definition) is 9. The van der Waals surface area contributed by atoms with Gasteiger partial charge in [0.05, 0.1) is 0 Å². The number of carboxylic acid groups (broad SMARTS) is 4. The Bertz CT molecular complexity index is 933. The van der Waals surface area contributed by atoms with E-state index in [1.807, 2.05) is 30.3 Å². The van der Waals surface area contributed by atoms with Crippen molar-refractivity contribution >= 4 is 35.7 Å². The van der Waals surface area contributed by atoms with Crippen LogP contribution in [0.25, 0.3) is 0 Å². The van der Waals surface area contributed by atoms with E-state index >= 15 is 0 Å². The summed E-state index contributed by atoms with van der Waals surface area (Å²) in [5.41, 5.74) is 11.1. The van der Waals surface area contributed by atoms with Crippen LogP contribution in [0, 0.1) is 0 Å². The van der Waals surface area contributed by atoms with Crippen LogP contribution in [0.15, 0.2) is 30.3 Å². The quantitative estimate of drug-likeness (QED) is 0.215. The first-order valence-corrected chi connectivity index (χ1v) is 11.7. The van der Waals surface area contributed by atoms with E-state index in [0.717, 1.165) is 29.8 Å². The number of amides is 2. The lowest BCUT2D eigenvalue weighted by atomic mass is 10.1. The Morgan fingerprint density at radius 1 is 0.921 bits per heavy atom. The van der Waals surface area contributed by atoms with Gasteiger partial charge in [-0.05, 0) is 45.2 Å². The topological polar surface area (TPSA) is 251 Å². The average Bonchev–Trinajstić information content (AvgIpc) is 3.50. The summed E-state index contributed by atoms with van der Waals surface area (Å²) in [6.07, 6.45) is 2.44. The van der Waals surface area contributed by atoms with Gasteiger partial charge < -0.3 is 37.2 Å². The summed E-state index contributed by atoms with van der Waals surface area (Å²) in [6.45, 7) is 3.60. The molecule has 2 fully saturated rings. The third-order valence-corrected chi connectivity index (χ3v) is 5.20. The summed E-state index contributed by atoms with van der Waals surface area (Å²) in [4.78, 5) is 63.3. The van der Waals surface area contributed by atoms with Crippen molar-refractivity contribution in [3.8, 4) is 0 Å². The molecule has 9 N–H and O–H groups in total. The molecule has 2 amide bonds. The molecule has 0 saturated carbocycles. The second-order valence-electron chi connectivity index (χ2n) is 8.42. The number of nitrogens with two attached hydrogens (primary N) is 2. The SMILES string of the molecule is C[C@@H](C(=O)O)N1C(=O)CCC1=O.C[C@H](N)C(=O)O.N[C@@H](Cc1ccccc1)C(=O)O.O=C(O)[C@@H]1CCCN1. The molecule has 14 nitrogen and oxygen atoms in total. The number of hydrogen-bond donors (Lipinski definition) is 7. The number of nitrogens with one attached hydrogen (secondary N) is 1. The molecule has 2 heterocycles. The monoisotopic (exact) mass is 540 g/mol. The fourth-order valence-electron chi connectivity index (χ4n) is 2.99. The molecule has 0 bridgehead atoms. The van der Waals surface area contributed by atoms with E-state index < -0.39 is 53.8 Å². The highest BCUT2D eigenvalue weighted by Crippen LogP contribution is 2.15. The number of aliphatic carboxylic acids is 4. The van der Waals surface area contributed by atoms with Gasteiger partial charge in [-0.15, -0.1) is 0 Å². The average molecular weight is 541 g/mol. The van der Waals surface area contributed by atoms with Crippen LogP contribution in [0.1, 0.15) is 45.1 Å². The zero-order chi connectivity index (χ0) is 29.4. The number of carboxylic acids is 4. The van der Waals surface area contributed by atoms with E-state index in [0.29, 0.717) is 6.42 Å². The maximum Gasteiger partial charge on any atom is 0.326 e. The molecule has 3 rings (SSSR count). The van der Waals surface area contributed by atoms with Crippen LogP contribution < -0.4 is 16.8 Å². The number of nitrogens with zero attached hydrogens (tertiary/aromatic N) is 1. The van der Waals surface area contributed by atoms with Crippen molar-refractivity contribution < 1.29 is 49.2 Å². The van der Waals surface area contributed by atoms with Gasteiger partial charge in [0, 0.05) is 12.8 Å². The molecule has 0 aromatic heterocycles. The van der Waals surface area contributed by atoms with Crippen LogP contribution in [0.3, 0.4) is 0 Å². The highest BCUT2D eigenvalue weighted by atomic mass is 16.4. The van der Waals surface area contributed by atoms with Crippen molar-refractivity contribution in [2.45, 2.75) is 70.1 Å². The van der Waals surface area contributed by atoms with Crippen LogP contribution in [0.5, 0.6) is 0 Å². The molecule has 212 valence electrons. The molecule has 0 radical (unpaired) electrons. The van der Waals surface area contributed by atoms with Gasteiger partial charge in [0.1, 0.15) is 24.2 Å². The molecule has 2 aliphatic rings. The summed E-state index contributed by atoms with van der Waals surface area (Å²) in [6, 6.07) is 6.51. The van der Waals surface area contributed by atoms with Gasteiger partial charge >= 0.3 is 23.9 Å². The second-order valence-corrected chi connectivity index (χ2v) is 8.42. The van der Waals surface area contributed by atoms with Gasteiger partial charge in [0.2, 0.25) is 11.8 Å². The number of benzene rings is 1. The molecule has 2 saturated heterocycles. The Balaban J connectivity index is 0.000000498. The first-order chi connectivity index (χ1) is 17.7. The Labute approximate surface area is 219 Å². The Morgan fingerprint density at radius 2 is 1.42 bits per heavy atom. The number of likely N-dealkylation sites (tertiary alicyclic amines) is 1. The lowest BCUT2D eigenvalue weighted by molar-refractivity contribution is -0.153. The van der Waals surface area contributed by atoms with Crippen molar-refractivity contribution in [3.05, 3.63) is 35.9 Å². The highest BCUT2D eigenvalue weighted by Gasteiger charge is 2.35. The molecule has 0 unspecified atom stereocenters. The van der Waals surface area contributed by atoms with Crippen molar-refractivity contribution in [3.63, 3.8) is 0 Å². The van der Waals surface area contributed by atoms with E-state index in [-0.39, 0.29) is 18.9 Å². The van der Waals surface area contributed by atoms with Crippen LogP contribution in [0.2, 0.25) is 0 Å². The third kappa shape index (κ3) is 13.4. The Morgan fingerprint density at radius 3 is 1.74 bits per heavy atom. The molecule has 4 atom stereocenters. The summed E-state index contributed by atoms with van der Waals surface area (Å²) < 4.78 is 0. The standard InChI is InChI=1S/C9H11NO2.C7H9NO4.C5H9NO2.C3H7NO2/c10-8(9(11)12)6-7-4-2-1-3-5-7;1-4(7(11)12)8-5(9)2-3-6(8)10;7-5(8)4-2-1-3-6-4;1-2(4)3(5)6/h1-5,8H,6,10H2,(H,11,12);4H,2-3H2,1H3,(H,11,12);4,6H,1-3H2,(H,7,8);2H,4H2,1H3,(H,5,6)/t8-;2*4-;2-/m0000/s1. The predicted octanol–water partition coefficient (Wildman–Crippen LogP) is -0.509. The minimum Gasteiger partial charge on any atom is -0.480 e.